The number of amides is 2. The Labute approximate surface area is 90.4 Å². The van der Waals surface area contributed by atoms with Crippen molar-refractivity contribution in [2.45, 2.75) is 52.2 Å². The summed E-state index contributed by atoms with van der Waals surface area (Å²) < 4.78 is 5.14. The van der Waals surface area contributed by atoms with Gasteiger partial charge in [0.2, 0.25) is 0 Å². The van der Waals surface area contributed by atoms with E-state index in [0.717, 1.165) is 6.42 Å². The van der Waals surface area contributed by atoms with Crippen LogP contribution in [0, 0.1) is 0 Å². The minimum absolute atomic E-state index is 0.442. The van der Waals surface area contributed by atoms with Crippen LogP contribution in [0.4, 0.5) is 4.79 Å². The highest BCUT2D eigenvalue weighted by molar-refractivity contribution is 5.82. The highest BCUT2D eigenvalue weighted by atomic mass is 16.6. The minimum atomic E-state index is -0.709. The number of hydrogen-bond donors (Lipinski definition) is 2. The lowest BCUT2D eigenvalue weighted by Crippen LogP contribution is -2.46. The molecule has 0 aromatic rings. The standard InChI is InChI=1S/C10H20N2O3/c1-5-6-7(12-9(11)14)8(13)15-10(2,3)4/h7H,5-6H2,1-4H3,(H3,11,12,14)/t7-/m0/s1. The van der Waals surface area contributed by atoms with Gasteiger partial charge in [0.15, 0.2) is 0 Å². The van der Waals surface area contributed by atoms with Crippen molar-refractivity contribution in [3.05, 3.63) is 0 Å². The van der Waals surface area contributed by atoms with Crippen molar-refractivity contribution in [3.8, 4) is 0 Å². The molecule has 15 heavy (non-hydrogen) atoms. The van der Waals surface area contributed by atoms with Crippen LogP contribution in [0.15, 0.2) is 0 Å². The molecule has 0 unspecified atom stereocenters. The summed E-state index contributed by atoms with van der Waals surface area (Å²) in [5, 5.41) is 2.37. The average molecular weight is 216 g/mol. The molecular weight excluding hydrogens is 196 g/mol. The molecule has 0 aliphatic heterocycles. The fourth-order valence-electron chi connectivity index (χ4n) is 1.08. The first kappa shape index (κ1) is 13.7. The maximum atomic E-state index is 11.6. The second kappa shape index (κ2) is 5.58. The number of nitrogens with two attached hydrogens (primary N) is 1. The molecule has 0 aromatic carbocycles. The third-order valence-corrected chi connectivity index (χ3v) is 1.59. The first-order valence-electron chi connectivity index (χ1n) is 5.05. The topological polar surface area (TPSA) is 81.4 Å². The van der Waals surface area contributed by atoms with E-state index in [1.807, 2.05) is 6.92 Å². The monoisotopic (exact) mass is 216 g/mol. The van der Waals surface area contributed by atoms with Gasteiger partial charge >= 0.3 is 12.0 Å². The largest absolute Gasteiger partial charge is 0.458 e. The Bertz CT molecular complexity index is 233. The molecule has 0 heterocycles. The summed E-state index contributed by atoms with van der Waals surface area (Å²) in [6.45, 7) is 7.24. The Kier molecular flexibility index (Phi) is 5.11. The van der Waals surface area contributed by atoms with Gasteiger partial charge in [0, 0.05) is 0 Å². The molecule has 0 saturated heterocycles. The minimum Gasteiger partial charge on any atom is -0.458 e. The average Bonchev–Trinajstić information content (AvgIpc) is 1.99. The van der Waals surface area contributed by atoms with E-state index in [1.165, 1.54) is 0 Å². The van der Waals surface area contributed by atoms with Crippen molar-refractivity contribution in [2.75, 3.05) is 0 Å². The second-order valence-electron chi connectivity index (χ2n) is 4.38. The predicted octanol–water partition coefficient (Wildman–Crippen LogP) is 1.17. The van der Waals surface area contributed by atoms with Gasteiger partial charge < -0.3 is 15.8 Å². The SMILES string of the molecule is CCC[C@H](NC(N)=O)C(=O)OC(C)(C)C. The van der Waals surface area contributed by atoms with Crippen LogP contribution in [0.2, 0.25) is 0 Å². The molecule has 0 aromatic heterocycles. The highest BCUT2D eigenvalue weighted by Crippen LogP contribution is 2.10. The Morgan fingerprint density at radius 1 is 1.40 bits per heavy atom. The molecule has 0 aliphatic carbocycles. The zero-order valence-electron chi connectivity index (χ0n) is 9.79. The van der Waals surface area contributed by atoms with E-state index in [9.17, 15) is 9.59 Å². The molecule has 5 nitrogen and oxygen atoms in total. The van der Waals surface area contributed by atoms with Gasteiger partial charge in [-0.1, -0.05) is 13.3 Å². The lowest BCUT2D eigenvalue weighted by atomic mass is 10.1. The molecule has 0 aliphatic rings. The summed E-state index contributed by atoms with van der Waals surface area (Å²) in [5.41, 5.74) is 4.41. The number of rotatable bonds is 4. The fraction of sp³-hybridized carbons (Fsp3) is 0.800. The molecular formula is C10H20N2O3. The van der Waals surface area contributed by atoms with Crippen LogP contribution in [0.25, 0.3) is 0 Å². The third kappa shape index (κ3) is 6.76. The van der Waals surface area contributed by atoms with Gasteiger partial charge in [-0.05, 0) is 27.2 Å². The molecule has 2 amide bonds. The van der Waals surface area contributed by atoms with E-state index in [-0.39, 0.29) is 0 Å². The maximum absolute atomic E-state index is 11.6. The number of esters is 1. The van der Waals surface area contributed by atoms with Crippen LogP contribution < -0.4 is 11.1 Å². The Balaban J connectivity index is 4.35. The molecule has 88 valence electrons. The van der Waals surface area contributed by atoms with Gasteiger partial charge in [0.1, 0.15) is 11.6 Å². The van der Waals surface area contributed by atoms with E-state index < -0.39 is 23.6 Å². The lowest BCUT2D eigenvalue weighted by molar-refractivity contribution is -0.157. The zero-order valence-corrected chi connectivity index (χ0v) is 9.79. The van der Waals surface area contributed by atoms with Crippen molar-refractivity contribution in [2.24, 2.45) is 5.73 Å². The van der Waals surface area contributed by atoms with Crippen molar-refractivity contribution in [3.63, 3.8) is 0 Å². The number of carbonyl (C=O) groups excluding carboxylic acids is 2. The summed E-state index contributed by atoms with van der Waals surface area (Å²) >= 11 is 0. The first-order valence-corrected chi connectivity index (χ1v) is 5.05. The van der Waals surface area contributed by atoms with Gasteiger partial charge in [-0.25, -0.2) is 9.59 Å². The van der Waals surface area contributed by atoms with Crippen LogP contribution in [0.5, 0.6) is 0 Å². The number of primary amides is 1. The normalized spacial score (nSPS) is 13.1. The van der Waals surface area contributed by atoms with Gasteiger partial charge in [0.05, 0.1) is 0 Å². The zero-order chi connectivity index (χ0) is 12.1. The molecule has 0 spiro atoms. The van der Waals surface area contributed by atoms with Crippen LogP contribution >= 0.6 is 0 Å². The summed E-state index contributed by atoms with van der Waals surface area (Å²) in [5.74, 6) is -0.442. The molecule has 0 radical (unpaired) electrons. The Morgan fingerprint density at radius 3 is 2.27 bits per heavy atom. The fourth-order valence-corrected chi connectivity index (χ4v) is 1.08. The maximum Gasteiger partial charge on any atom is 0.329 e. The number of urea groups is 1. The lowest BCUT2D eigenvalue weighted by Gasteiger charge is -2.23. The second-order valence-corrected chi connectivity index (χ2v) is 4.38. The van der Waals surface area contributed by atoms with Crippen LogP contribution in [0.1, 0.15) is 40.5 Å². The van der Waals surface area contributed by atoms with Gasteiger partial charge in [0.25, 0.3) is 0 Å². The van der Waals surface area contributed by atoms with E-state index in [0.29, 0.717) is 6.42 Å². The predicted molar refractivity (Wildman–Crippen MR) is 57.3 cm³/mol. The van der Waals surface area contributed by atoms with Crippen molar-refractivity contribution < 1.29 is 14.3 Å². The van der Waals surface area contributed by atoms with E-state index in [1.54, 1.807) is 20.8 Å². The molecule has 5 heteroatoms. The molecule has 3 N–H and O–H groups in total. The number of hydrogen-bond acceptors (Lipinski definition) is 3. The number of nitrogens with one attached hydrogen (secondary N) is 1. The van der Waals surface area contributed by atoms with Gasteiger partial charge in [-0.3, -0.25) is 0 Å². The summed E-state index contributed by atoms with van der Waals surface area (Å²) in [7, 11) is 0. The smallest absolute Gasteiger partial charge is 0.329 e. The number of carbonyl (C=O) groups is 2. The summed E-state index contributed by atoms with van der Waals surface area (Å²) in [4.78, 5) is 22.2. The Morgan fingerprint density at radius 2 is 1.93 bits per heavy atom. The van der Waals surface area contributed by atoms with E-state index >= 15 is 0 Å². The summed E-state index contributed by atoms with van der Waals surface area (Å²) in [6.07, 6.45) is 1.29. The van der Waals surface area contributed by atoms with Crippen LogP contribution in [0.3, 0.4) is 0 Å². The molecule has 1 atom stereocenters. The van der Waals surface area contributed by atoms with Crippen LogP contribution in [-0.2, 0) is 9.53 Å². The number of ether oxygens (including phenoxy) is 1. The van der Waals surface area contributed by atoms with Gasteiger partial charge in [-0.15, -0.1) is 0 Å². The molecule has 0 fully saturated rings. The highest BCUT2D eigenvalue weighted by Gasteiger charge is 2.25. The van der Waals surface area contributed by atoms with E-state index in [2.05, 4.69) is 5.32 Å². The van der Waals surface area contributed by atoms with Gasteiger partial charge in [-0.2, -0.15) is 0 Å². The van der Waals surface area contributed by atoms with Crippen molar-refractivity contribution in [1.82, 2.24) is 5.32 Å². The third-order valence-electron chi connectivity index (χ3n) is 1.59. The van der Waals surface area contributed by atoms with Crippen molar-refractivity contribution >= 4 is 12.0 Å². The van der Waals surface area contributed by atoms with E-state index in [4.69, 9.17) is 10.5 Å². The molecule has 0 bridgehead atoms. The van der Waals surface area contributed by atoms with Crippen molar-refractivity contribution in [1.29, 1.82) is 0 Å². The molecule has 0 rings (SSSR count). The quantitative estimate of drug-likeness (QED) is 0.692. The first-order chi connectivity index (χ1) is 6.76. The Hall–Kier alpha value is -1.26. The molecule has 0 saturated carbocycles. The summed E-state index contributed by atoms with van der Waals surface area (Å²) in [6, 6.07) is -1.36. The van der Waals surface area contributed by atoms with Crippen LogP contribution in [-0.4, -0.2) is 23.6 Å².